The molecule has 10 heavy (non-hydrogen) atoms. The summed E-state index contributed by atoms with van der Waals surface area (Å²) in [6, 6.07) is -0.208. The lowest BCUT2D eigenvalue weighted by Crippen LogP contribution is -2.18. The van der Waals surface area contributed by atoms with E-state index in [-0.39, 0.29) is 12.0 Å². The third-order valence-electron chi connectivity index (χ3n) is 1.41. The van der Waals surface area contributed by atoms with Crippen LogP contribution in [0.1, 0.15) is 19.8 Å². The minimum atomic E-state index is -0.208. The Morgan fingerprint density at radius 2 is 2.70 bits per heavy atom. The molecule has 1 rings (SSSR count). The Hall–Kier alpha value is -0.860. The average molecular weight is 141 g/mol. The SMILES string of the molecule is CCOC(=O)[C@H]1CCC=N1. The number of rotatable bonds is 2. The van der Waals surface area contributed by atoms with E-state index >= 15 is 0 Å². The second kappa shape index (κ2) is 3.34. The van der Waals surface area contributed by atoms with Gasteiger partial charge in [-0.3, -0.25) is 4.99 Å². The van der Waals surface area contributed by atoms with Crippen LogP contribution in [-0.2, 0) is 9.53 Å². The number of hydrogen-bond acceptors (Lipinski definition) is 3. The second-order valence-electron chi connectivity index (χ2n) is 2.18. The fraction of sp³-hybridized carbons (Fsp3) is 0.714. The van der Waals surface area contributed by atoms with Crippen LogP contribution in [0.3, 0.4) is 0 Å². The largest absolute Gasteiger partial charge is 0.464 e. The van der Waals surface area contributed by atoms with E-state index < -0.39 is 0 Å². The predicted molar refractivity (Wildman–Crippen MR) is 38.1 cm³/mol. The molecule has 0 radical (unpaired) electrons. The van der Waals surface area contributed by atoms with Crippen LogP contribution in [0.5, 0.6) is 0 Å². The summed E-state index contributed by atoms with van der Waals surface area (Å²) in [5, 5.41) is 0. The zero-order valence-electron chi connectivity index (χ0n) is 6.04. The summed E-state index contributed by atoms with van der Waals surface area (Å²) in [4.78, 5) is 14.9. The molecule has 0 aromatic carbocycles. The first kappa shape index (κ1) is 7.25. The smallest absolute Gasteiger partial charge is 0.330 e. The zero-order chi connectivity index (χ0) is 7.40. The van der Waals surface area contributed by atoms with Crippen LogP contribution in [0.15, 0.2) is 4.99 Å². The summed E-state index contributed by atoms with van der Waals surface area (Å²) >= 11 is 0. The Labute approximate surface area is 60.1 Å². The number of nitrogens with zero attached hydrogens (tertiary/aromatic N) is 1. The molecule has 0 aliphatic carbocycles. The van der Waals surface area contributed by atoms with Crippen molar-refractivity contribution in [2.24, 2.45) is 4.99 Å². The van der Waals surface area contributed by atoms with Gasteiger partial charge in [-0.15, -0.1) is 0 Å². The van der Waals surface area contributed by atoms with Gasteiger partial charge in [-0.25, -0.2) is 4.79 Å². The standard InChI is InChI=1S/C7H11NO2/c1-2-10-7(9)6-4-3-5-8-6/h5-6H,2-4H2,1H3/t6-/m1/s1. The highest BCUT2D eigenvalue weighted by atomic mass is 16.5. The summed E-state index contributed by atoms with van der Waals surface area (Å²) < 4.78 is 4.77. The molecule has 0 bridgehead atoms. The van der Waals surface area contributed by atoms with Gasteiger partial charge >= 0.3 is 5.97 Å². The maximum absolute atomic E-state index is 10.9. The fourth-order valence-corrected chi connectivity index (χ4v) is 0.926. The molecule has 0 amide bonds. The van der Waals surface area contributed by atoms with Crippen molar-refractivity contribution >= 4 is 12.2 Å². The van der Waals surface area contributed by atoms with Crippen molar-refractivity contribution < 1.29 is 9.53 Å². The van der Waals surface area contributed by atoms with E-state index in [2.05, 4.69) is 4.99 Å². The Kier molecular flexibility index (Phi) is 2.42. The molecule has 1 atom stereocenters. The van der Waals surface area contributed by atoms with Crippen molar-refractivity contribution in [3.8, 4) is 0 Å². The first-order valence-corrected chi connectivity index (χ1v) is 3.53. The van der Waals surface area contributed by atoms with Crippen LogP contribution >= 0.6 is 0 Å². The van der Waals surface area contributed by atoms with Crippen LogP contribution in [0.2, 0.25) is 0 Å². The lowest BCUT2D eigenvalue weighted by Gasteiger charge is -2.04. The van der Waals surface area contributed by atoms with Gasteiger partial charge < -0.3 is 4.74 Å². The molecule has 1 aliphatic rings. The van der Waals surface area contributed by atoms with Gasteiger partial charge in [0.15, 0.2) is 0 Å². The number of hydrogen-bond donors (Lipinski definition) is 0. The molecule has 0 saturated heterocycles. The lowest BCUT2D eigenvalue weighted by atomic mass is 10.2. The predicted octanol–water partition coefficient (Wildman–Crippen LogP) is 0.783. The van der Waals surface area contributed by atoms with Gasteiger partial charge in [0.2, 0.25) is 0 Å². The Bertz CT molecular complexity index is 154. The van der Waals surface area contributed by atoms with Gasteiger partial charge in [-0.1, -0.05) is 0 Å². The normalized spacial score (nSPS) is 23.1. The molecular formula is C7H11NO2. The van der Waals surface area contributed by atoms with Gasteiger partial charge in [-0.2, -0.15) is 0 Å². The maximum atomic E-state index is 10.9. The summed E-state index contributed by atoms with van der Waals surface area (Å²) in [6.07, 6.45) is 3.50. The third-order valence-corrected chi connectivity index (χ3v) is 1.41. The Morgan fingerprint density at radius 3 is 3.20 bits per heavy atom. The summed E-state index contributed by atoms with van der Waals surface area (Å²) in [7, 11) is 0. The molecule has 3 nitrogen and oxygen atoms in total. The third kappa shape index (κ3) is 1.56. The lowest BCUT2D eigenvalue weighted by molar-refractivity contribution is -0.144. The molecular weight excluding hydrogens is 130 g/mol. The molecule has 0 aromatic heterocycles. The van der Waals surface area contributed by atoms with Crippen molar-refractivity contribution in [3.05, 3.63) is 0 Å². The van der Waals surface area contributed by atoms with E-state index in [1.165, 1.54) is 0 Å². The number of ether oxygens (including phenoxy) is 1. The van der Waals surface area contributed by atoms with Crippen LogP contribution in [0.4, 0.5) is 0 Å². The molecule has 0 spiro atoms. The highest BCUT2D eigenvalue weighted by Gasteiger charge is 2.19. The van der Waals surface area contributed by atoms with Gasteiger partial charge in [0.25, 0.3) is 0 Å². The quantitative estimate of drug-likeness (QED) is 0.533. The first-order chi connectivity index (χ1) is 4.84. The van der Waals surface area contributed by atoms with Crippen LogP contribution in [-0.4, -0.2) is 24.8 Å². The first-order valence-electron chi connectivity index (χ1n) is 3.53. The van der Waals surface area contributed by atoms with Gasteiger partial charge in [-0.05, 0) is 26.0 Å². The van der Waals surface area contributed by atoms with Crippen LogP contribution < -0.4 is 0 Å². The molecule has 0 saturated carbocycles. The average Bonchev–Trinajstić information content (AvgIpc) is 2.38. The van der Waals surface area contributed by atoms with Gasteiger partial charge in [0.1, 0.15) is 6.04 Å². The summed E-state index contributed by atoms with van der Waals surface area (Å²) in [5.74, 6) is -0.184. The summed E-state index contributed by atoms with van der Waals surface area (Å²) in [5.41, 5.74) is 0. The second-order valence-corrected chi connectivity index (χ2v) is 2.18. The number of aliphatic imine (C=N–C) groups is 1. The minimum Gasteiger partial charge on any atom is -0.464 e. The van der Waals surface area contributed by atoms with E-state index in [4.69, 9.17) is 4.74 Å². The number of esters is 1. The van der Waals surface area contributed by atoms with E-state index in [0.717, 1.165) is 12.8 Å². The van der Waals surface area contributed by atoms with Crippen molar-refractivity contribution in [2.45, 2.75) is 25.8 Å². The molecule has 0 unspecified atom stereocenters. The zero-order valence-corrected chi connectivity index (χ0v) is 6.04. The van der Waals surface area contributed by atoms with Gasteiger partial charge in [0.05, 0.1) is 6.61 Å². The molecule has 1 heterocycles. The summed E-state index contributed by atoms with van der Waals surface area (Å²) in [6.45, 7) is 2.25. The van der Waals surface area contributed by atoms with Crippen LogP contribution in [0.25, 0.3) is 0 Å². The molecule has 0 fully saturated rings. The van der Waals surface area contributed by atoms with Crippen molar-refractivity contribution in [2.75, 3.05) is 6.61 Å². The molecule has 1 aliphatic heterocycles. The fourth-order valence-electron chi connectivity index (χ4n) is 0.926. The topological polar surface area (TPSA) is 38.7 Å². The van der Waals surface area contributed by atoms with Crippen molar-refractivity contribution in [3.63, 3.8) is 0 Å². The molecule has 0 N–H and O–H groups in total. The highest BCUT2D eigenvalue weighted by molar-refractivity contribution is 5.80. The monoisotopic (exact) mass is 141 g/mol. The number of carbonyl (C=O) groups excluding carboxylic acids is 1. The molecule has 0 aromatic rings. The minimum absolute atomic E-state index is 0.184. The van der Waals surface area contributed by atoms with Gasteiger partial charge in [0, 0.05) is 0 Å². The molecule has 56 valence electrons. The Balaban J connectivity index is 2.33. The van der Waals surface area contributed by atoms with E-state index in [1.54, 1.807) is 13.1 Å². The van der Waals surface area contributed by atoms with Crippen LogP contribution in [0, 0.1) is 0 Å². The maximum Gasteiger partial charge on any atom is 0.330 e. The highest BCUT2D eigenvalue weighted by Crippen LogP contribution is 2.09. The van der Waals surface area contributed by atoms with Crippen molar-refractivity contribution in [1.29, 1.82) is 0 Å². The number of carbonyl (C=O) groups is 1. The van der Waals surface area contributed by atoms with E-state index in [0.29, 0.717) is 6.61 Å². The Morgan fingerprint density at radius 1 is 1.90 bits per heavy atom. The molecule has 3 heteroatoms. The van der Waals surface area contributed by atoms with Crippen molar-refractivity contribution in [1.82, 2.24) is 0 Å². The van der Waals surface area contributed by atoms with E-state index in [1.807, 2.05) is 0 Å². The van der Waals surface area contributed by atoms with E-state index in [9.17, 15) is 4.79 Å².